The van der Waals surface area contributed by atoms with E-state index in [-0.39, 0.29) is 24.4 Å². The summed E-state index contributed by atoms with van der Waals surface area (Å²) in [5.41, 5.74) is 1.05. The minimum absolute atomic E-state index is 0.00699. The molecule has 2 amide bonds. The summed E-state index contributed by atoms with van der Waals surface area (Å²) in [7, 11) is 0. The van der Waals surface area contributed by atoms with Crippen molar-refractivity contribution in [1.82, 2.24) is 15.1 Å². The van der Waals surface area contributed by atoms with Crippen LogP contribution in [0.3, 0.4) is 0 Å². The van der Waals surface area contributed by atoms with Gasteiger partial charge in [-0.15, -0.1) is 0 Å². The van der Waals surface area contributed by atoms with Crippen LogP contribution in [0.2, 0.25) is 5.02 Å². The minimum Gasteiger partial charge on any atom is -0.335 e. The van der Waals surface area contributed by atoms with Crippen molar-refractivity contribution in [3.05, 3.63) is 34.9 Å². The number of nitrogens with one attached hydrogen (secondary N) is 1. The monoisotopic (exact) mass is 321 g/mol. The third kappa shape index (κ3) is 3.42. The first kappa shape index (κ1) is 15.3. The van der Waals surface area contributed by atoms with Gasteiger partial charge in [0.05, 0.1) is 12.6 Å². The molecule has 2 saturated heterocycles. The Kier molecular flexibility index (Phi) is 4.64. The summed E-state index contributed by atoms with van der Waals surface area (Å²) in [5.74, 6) is 0.0736. The predicted octanol–water partition coefficient (Wildman–Crippen LogP) is 1.26. The molecule has 2 aliphatic heterocycles. The van der Waals surface area contributed by atoms with Gasteiger partial charge in [0.2, 0.25) is 11.8 Å². The van der Waals surface area contributed by atoms with Crippen molar-refractivity contribution in [2.45, 2.75) is 25.4 Å². The Morgan fingerprint density at radius 1 is 1.27 bits per heavy atom. The number of halogens is 1. The van der Waals surface area contributed by atoms with Crippen molar-refractivity contribution in [3.8, 4) is 0 Å². The standard InChI is InChI=1S/C16H20ClN3O2/c17-13-5-3-12(4-6-13)10-19-8-9-20(11-15(19)21)16(22)14-2-1-7-18-14/h3-6,14,18H,1-2,7-11H2. The highest BCUT2D eigenvalue weighted by Gasteiger charge is 2.32. The molecule has 1 N–H and O–H groups in total. The van der Waals surface area contributed by atoms with Gasteiger partial charge in [-0.1, -0.05) is 23.7 Å². The Balaban J connectivity index is 1.56. The van der Waals surface area contributed by atoms with Crippen molar-refractivity contribution in [3.63, 3.8) is 0 Å². The van der Waals surface area contributed by atoms with Gasteiger partial charge in [-0.2, -0.15) is 0 Å². The first-order chi connectivity index (χ1) is 10.6. The van der Waals surface area contributed by atoms with E-state index in [2.05, 4.69) is 5.32 Å². The fraction of sp³-hybridized carbons (Fsp3) is 0.500. The highest BCUT2D eigenvalue weighted by molar-refractivity contribution is 6.30. The van der Waals surface area contributed by atoms with Crippen molar-refractivity contribution in [2.24, 2.45) is 0 Å². The van der Waals surface area contributed by atoms with Crippen LogP contribution in [-0.2, 0) is 16.1 Å². The number of benzene rings is 1. The quantitative estimate of drug-likeness (QED) is 0.912. The molecule has 1 aromatic rings. The molecule has 2 aliphatic rings. The number of amides is 2. The number of hydrogen-bond acceptors (Lipinski definition) is 3. The number of piperazine rings is 1. The van der Waals surface area contributed by atoms with E-state index in [1.807, 2.05) is 24.3 Å². The largest absolute Gasteiger partial charge is 0.335 e. The van der Waals surface area contributed by atoms with Crippen LogP contribution in [0.15, 0.2) is 24.3 Å². The second-order valence-electron chi connectivity index (χ2n) is 5.85. The number of carbonyl (C=O) groups excluding carboxylic acids is 2. The highest BCUT2D eigenvalue weighted by atomic mass is 35.5. The van der Waals surface area contributed by atoms with E-state index in [1.165, 1.54) is 0 Å². The lowest BCUT2D eigenvalue weighted by molar-refractivity contribution is -0.146. The highest BCUT2D eigenvalue weighted by Crippen LogP contribution is 2.15. The van der Waals surface area contributed by atoms with Gasteiger partial charge in [-0.05, 0) is 37.1 Å². The summed E-state index contributed by atoms with van der Waals surface area (Å²) in [6, 6.07) is 7.40. The van der Waals surface area contributed by atoms with Crippen LogP contribution < -0.4 is 5.32 Å². The molecule has 1 aromatic carbocycles. The Labute approximate surface area is 135 Å². The summed E-state index contributed by atoms with van der Waals surface area (Å²) < 4.78 is 0. The van der Waals surface area contributed by atoms with Crippen molar-refractivity contribution in [2.75, 3.05) is 26.2 Å². The maximum absolute atomic E-state index is 12.3. The summed E-state index contributed by atoms with van der Waals surface area (Å²) >= 11 is 5.87. The maximum Gasteiger partial charge on any atom is 0.242 e. The van der Waals surface area contributed by atoms with Gasteiger partial charge in [-0.25, -0.2) is 0 Å². The van der Waals surface area contributed by atoms with E-state index in [1.54, 1.807) is 9.80 Å². The van der Waals surface area contributed by atoms with E-state index < -0.39 is 0 Å². The molecule has 0 aromatic heterocycles. The van der Waals surface area contributed by atoms with Crippen LogP contribution in [-0.4, -0.2) is 53.8 Å². The first-order valence-corrected chi connectivity index (χ1v) is 8.05. The second-order valence-corrected chi connectivity index (χ2v) is 6.29. The summed E-state index contributed by atoms with van der Waals surface area (Å²) in [4.78, 5) is 28.1. The van der Waals surface area contributed by atoms with E-state index >= 15 is 0 Å². The van der Waals surface area contributed by atoms with Crippen molar-refractivity contribution >= 4 is 23.4 Å². The number of hydrogen-bond donors (Lipinski definition) is 1. The predicted molar refractivity (Wildman–Crippen MR) is 84.5 cm³/mol. The van der Waals surface area contributed by atoms with Gasteiger partial charge in [-0.3, -0.25) is 9.59 Å². The molecular formula is C16H20ClN3O2. The van der Waals surface area contributed by atoms with Crippen LogP contribution >= 0.6 is 11.6 Å². The van der Waals surface area contributed by atoms with Crippen molar-refractivity contribution in [1.29, 1.82) is 0 Å². The summed E-state index contributed by atoms with van der Waals surface area (Å²) in [6.07, 6.45) is 1.90. The average Bonchev–Trinajstić information content (AvgIpc) is 3.05. The smallest absolute Gasteiger partial charge is 0.242 e. The molecule has 0 radical (unpaired) electrons. The number of rotatable bonds is 3. The Bertz CT molecular complexity index is 555. The lowest BCUT2D eigenvalue weighted by Gasteiger charge is -2.35. The topological polar surface area (TPSA) is 52.7 Å². The van der Waals surface area contributed by atoms with E-state index in [0.29, 0.717) is 24.7 Å². The molecule has 5 nitrogen and oxygen atoms in total. The fourth-order valence-electron chi connectivity index (χ4n) is 2.99. The first-order valence-electron chi connectivity index (χ1n) is 7.68. The molecular weight excluding hydrogens is 302 g/mol. The van der Waals surface area contributed by atoms with E-state index in [4.69, 9.17) is 11.6 Å². The molecule has 3 rings (SSSR count). The Morgan fingerprint density at radius 2 is 2.05 bits per heavy atom. The molecule has 6 heteroatoms. The zero-order chi connectivity index (χ0) is 15.5. The molecule has 1 atom stereocenters. The summed E-state index contributed by atoms with van der Waals surface area (Å²) in [5, 5.41) is 3.89. The van der Waals surface area contributed by atoms with Gasteiger partial charge in [0, 0.05) is 24.7 Å². The van der Waals surface area contributed by atoms with E-state index in [9.17, 15) is 9.59 Å². The lowest BCUT2D eigenvalue weighted by Crippen LogP contribution is -2.55. The molecule has 118 valence electrons. The SMILES string of the molecule is O=C1CN(C(=O)C2CCCN2)CCN1Cc1ccc(Cl)cc1. The van der Waals surface area contributed by atoms with E-state index in [0.717, 1.165) is 24.9 Å². The molecule has 0 saturated carbocycles. The van der Waals surface area contributed by atoms with Crippen LogP contribution in [0.1, 0.15) is 18.4 Å². The van der Waals surface area contributed by atoms with Crippen LogP contribution in [0.25, 0.3) is 0 Å². The summed E-state index contributed by atoms with van der Waals surface area (Å²) in [6.45, 7) is 2.83. The zero-order valence-electron chi connectivity index (χ0n) is 12.4. The number of carbonyl (C=O) groups is 2. The van der Waals surface area contributed by atoms with Gasteiger partial charge < -0.3 is 15.1 Å². The third-order valence-corrected chi connectivity index (χ3v) is 4.53. The van der Waals surface area contributed by atoms with Gasteiger partial charge in [0.15, 0.2) is 0 Å². The van der Waals surface area contributed by atoms with Gasteiger partial charge >= 0.3 is 0 Å². The molecule has 1 unspecified atom stereocenters. The fourth-order valence-corrected chi connectivity index (χ4v) is 3.12. The Morgan fingerprint density at radius 3 is 2.68 bits per heavy atom. The normalized spacial score (nSPS) is 22.2. The minimum atomic E-state index is -0.101. The van der Waals surface area contributed by atoms with Crippen LogP contribution in [0, 0.1) is 0 Å². The molecule has 22 heavy (non-hydrogen) atoms. The van der Waals surface area contributed by atoms with Gasteiger partial charge in [0.1, 0.15) is 0 Å². The zero-order valence-corrected chi connectivity index (χ0v) is 13.2. The van der Waals surface area contributed by atoms with Crippen molar-refractivity contribution < 1.29 is 9.59 Å². The number of nitrogens with zero attached hydrogens (tertiary/aromatic N) is 2. The van der Waals surface area contributed by atoms with Crippen LogP contribution in [0.4, 0.5) is 0 Å². The molecule has 0 spiro atoms. The molecule has 2 heterocycles. The Hall–Kier alpha value is -1.59. The molecule has 0 aliphatic carbocycles. The lowest BCUT2D eigenvalue weighted by atomic mass is 10.1. The second kappa shape index (κ2) is 6.67. The third-order valence-electron chi connectivity index (χ3n) is 4.28. The molecule has 2 fully saturated rings. The van der Waals surface area contributed by atoms with Crippen LogP contribution in [0.5, 0.6) is 0 Å². The average molecular weight is 322 g/mol. The maximum atomic E-state index is 12.3. The van der Waals surface area contributed by atoms with Gasteiger partial charge in [0.25, 0.3) is 0 Å². The molecule has 0 bridgehead atoms.